The van der Waals surface area contributed by atoms with Gasteiger partial charge in [-0.25, -0.2) is 4.98 Å². The van der Waals surface area contributed by atoms with E-state index in [0.29, 0.717) is 38.3 Å². The van der Waals surface area contributed by atoms with Gasteiger partial charge in [-0.3, -0.25) is 9.69 Å². The van der Waals surface area contributed by atoms with E-state index in [2.05, 4.69) is 16.6 Å². The number of amidine groups is 1. The van der Waals surface area contributed by atoms with E-state index in [9.17, 15) is 4.79 Å². The minimum atomic E-state index is -0.138. The van der Waals surface area contributed by atoms with Crippen molar-refractivity contribution >= 4 is 57.0 Å². The first-order valence-electron chi connectivity index (χ1n) is 8.30. The number of carbonyl (C=O) groups excluding carboxylic acids is 1. The van der Waals surface area contributed by atoms with E-state index in [1.54, 1.807) is 23.2 Å². The smallest absolute Gasteiger partial charge is 0.267 e. The molecule has 0 unspecified atom stereocenters. The number of hydrogen-bond acceptors (Lipinski definition) is 6. The molecular formula is C20H14ClN3O2S2. The number of rotatable bonds is 5. The molecule has 1 aliphatic rings. The van der Waals surface area contributed by atoms with Crippen LogP contribution in [-0.4, -0.2) is 27.5 Å². The van der Waals surface area contributed by atoms with E-state index in [1.165, 1.54) is 23.1 Å². The Hall–Kier alpha value is -2.61. The van der Waals surface area contributed by atoms with Crippen molar-refractivity contribution in [1.29, 1.82) is 0 Å². The summed E-state index contributed by atoms with van der Waals surface area (Å²) in [4.78, 5) is 23.5. The summed E-state index contributed by atoms with van der Waals surface area (Å²) in [6.07, 6.45) is 5.07. The molecule has 0 radical (unpaired) electrons. The molecule has 1 fully saturated rings. The van der Waals surface area contributed by atoms with Gasteiger partial charge in [-0.2, -0.15) is 4.99 Å². The lowest BCUT2D eigenvalue weighted by Crippen LogP contribution is -2.29. The maximum atomic E-state index is 12.8. The van der Waals surface area contributed by atoms with Gasteiger partial charge in [-0.15, -0.1) is 17.9 Å². The Bertz CT molecular complexity index is 1090. The van der Waals surface area contributed by atoms with Crippen molar-refractivity contribution in [3.63, 3.8) is 0 Å². The van der Waals surface area contributed by atoms with Crippen LogP contribution in [0.2, 0.25) is 5.02 Å². The predicted octanol–water partition coefficient (Wildman–Crippen LogP) is 5.85. The second kappa shape index (κ2) is 8.18. The molecule has 0 saturated carbocycles. The molecule has 1 aliphatic heterocycles. The summed E-state index contributed by atoms with van der Waals surface area (Å²) in [5.74, 6) is 1.13. The molecule has 0 atom stereocenters. The lowest BCUT2D eigenvalue weighted by atomic mass is 10.2. The molecule has 5 nitrogen and oxygen atoms in total. The fourth-order valence-corrected chi connectivity index (χ4v) is 4.31. The van der Waals surface area contributed by atoms with Gasteiger partial charge in [0, 0.05) is 34.8 Å². The molecule has 4 rings (SSSR count). The zero-order valence-electron chi connectivity index (χ0n) is 14.5. The number of carbonyl (C=O) groups is 1. The van der Waals surface area contributed by atoms with Gasteiger partial charge in [0.25, 0.3) is 5.91 Å². The highest BCUT2D eigenvalue weighted by Gasteiger charge is 2.33. The minimum Gasteiger partial charge on any atom is -0.457 e. The summed E-state index contributed by atoms with van der Waals surface area (Å²) in [7, 11) is 0. The first-order chi connectivity index (χ1) is 13.6. The Morgan fingerprint density at radius 1 is 1.32 bits per heavy atom. The topological polar surface area (TPSA) is 58.7 Å². The molecule has 0 N–H and O–H groups in total. The number of furan rings is 1. The zero-order chi connectivity index (χ0) is 19.5. The molecule has 2 aromatic heterocycles. The van der Waals surface area contributed by atoms with Gasteiger partial charge in [0.1, 0.15) is 11.5 Å². The van der Waals surface area contributed by atoms with E-state index < -0.39 is 0 Å². The number of aromatic nitrogens is 1. The second-order valence-electron chi connectivity index (χ2n) is 5.74. The molecule has 8 heteroatoms. The Kier molecular flexibility index (Phi) is 5.47. The van der Waals surface area contributed by atoms with Crippen molar-refractivity contribution in [1.82, 2.24) is 9.88 Å². The second-order valence-corrected chi connectivity index (χ2v) is 8.06. The number of thioether (sulfide) groups is 1. The van der Waals surface area contributed by atoms with Crippen LogP contribution in [0.4, 0.5) is 5.13 Å². The van der Waals surface area contributed by atoms with Crippen molar-refractivity contribution < 1.29 is 9.21 Å². The van der Waals surface area contributed by atoms with E-state index in [4.69, 9.17) is 16.0 Å². The lowest BCUT2D eigenvalue weighted by Gasteiger charge is -2.11. The fourth-order valence-electron chi connectivity index (χ4n) is 2.59. The quantitative estimate of drug-likeness (QED) is 0.378. The average Bonchev–Trinajstić information content (AvgIpc) is 3.41. The van der Waals surface area contributed by atoms with Crippen molar-refractivity contribution in [2.45, 2.75) is 0 Å². The van der Waals surface area contributed by atoms with Crippen molar-refractivity contribution in [2.75, 3.05) is 6.54 Å². The van der Waals surface area contributed by atoms with Crippen LogP contribution in [0, 0.1) is 0 Å². The summed E-state index contributed by atoms with van der Waals surface area (Å²) in [6.45, 7) is 4.10. The number of amides is 1. The molecule has 3 aromatic rings. The van der Waals surface area contributed by atoms with Gasteiger partial charge in [0.15, 0.2) is 5.17 Å². The zero-order valence-corrected chi connectivity index (χ0v) is 16.9. The van der Waals surface area contributed by atoms with Gasteiger partial charge >= 0.3 is 0 Å². The van der Waals surface area contributed by atoms with Crippen LogP contribution in [0.15, 0.2) is 74.9 Å². The summed E-state index contributed by atoms with van der Waals surface area (Å²) in [5, 5.41) is 3.66. The maximum absolute atomic E-state index is 12.8. The highest BCUT2D eigenvalue weighted by atomic mass is 35.5. The molecule has 3 heterocycles. The molecule has 28 heavy (non-hydrogen) atoms. The van der Waals surface area contributed by atoms with E-state index in [-0.39, 0.29) is 5.91 Å². The standard InChI is InChI=1S/C20H14ClN3O2S2/c1-2-9-24-18(25)17(28-20(24)23-19-22-8-10-27-19)12-15-6-7-16(26-15)13-4-3-5-14(21)11-13/h2-8,10-12H,1,9H2/b17-12+,23-20+. The predicted molar refractivity (Wildman–Crippen MR) is 116 cm³/mol. The van der Waals surface area contributed by atoms with Crippen LogP contribution < -0.4 is 0 Å². The molecule has 1 saturated heterocycles. The first kappa shape index (κ1) is 18.7. The molecule has 0 bridgehead atoms. The Morgan fingerprint density at radius 3 is 2.96 bits per heavy atom. The van der Waals surface area contributed by atoms with Gasteiger partial charge < -0.3 is 4.42 Å². The Labute approximate surface area is 175 Å². The van der Waals surface area contributed by atoms with Crippen LogP contribution in [0.3, 0.4) is 0 Å². The van der Waals surface area contributed by atoms with Gasteiger partial charge in [-0.1, -0.05) is 29.8 Å². The SMILES string of the molecule is C=CCN1C(=O)/C(=C\c2ccc(-c3cccc(Cl)c3)o2)S/C1=N/c1nccs1. The van der Waals surface area contributed by atoms with Gasteiger partial charge in [0.05, 0.1) is 4.91 Å². The van der Waals surface area contributed by atoms with Crippen LogP contribution in [0.25, 0.3) is 17.4 Å². The first-order valence-corrected chi connectivity index (χ1v) is 10.4. The maximum Gasteiger partial charge on any atom is 0.267 e. The van der Waals surface area contributed by atoms with E-state index >= 15 is 0 Å². The molecule has 1 amide bonds. The molecule has 140 valence electrons. The van der Waals surface area contributed by atoms with Crippen molar-refractivity contribution in [3.8, 4) is 11.3 Å². The normalized spacial score (nSPS) is 17.0. The summed E-state index contributed by atoms with van der Waals surface area (Å²) in [5.41, 5.74) is 0.877. The van der Waals surface area contributed by atoms with Crippen LogP contribution in [0.5, 0.6) is 0 Å². The van der Waals surface area contributed by atoms with Crippen LogP contribution in [-0.2, 0) is 4.79 Å². The number of aliphatic imine (C=N–C) groups is 1. The number of thiazole rings is 1. The third kappa shape index (κ3) is 3.96. The van der Waals surface area contributed by atoms with Crippen molar-refractivity contribution in [2.24, 2.45) is 4.99 Å². The Morgan fingerprint density at radius 2 is 2.21 bits per heavy atom. The minimum absolute atomic E-state index is 0.138. The van der Waals surface area contributed by atoms with Gasteiger partial charge in [0.2, 0.25) is 5.13 Å². The number of nitrogens with zero attached hydrogens (tertiary/aromatic N) is 3. The van der Waals surface area contributed by atoms with Crippen LogP contribution in [0.1, 0.15) is 5.76 Å². The summed E-state index contributed by atoms with van der Waals surface area (Å²) >= 11 is 8.75. The molecule has 1 aromatic carbocycles. The largest absolute Gasteiger partial charge is 0.457 e. The number of hydrogen-bond donors (Lipinski definition) is 0. The third-order valence-corrected chi connectivity index (χ3v) is 5.73. The average molecular weight is 428 g/mol. The fraction of sp³-hybridized carbons (Fsp3) is 0.0500. The van der Waals surface area contributed by atoms with E-state index in [0.717, 1.165) is 5.56 Å². The van der Waals surface area contributed by atoms with E-state index in [1.807, 2.05) is 41.8 Å². The monoisotopic (exact) mass is 427 g/mol. The summed E-state index contributed by atoms with van der Waals surface area (Å²) in [6, 6.07) is 11.1. The highest BCUT2D eigenvalue weighted by molar-refractivity contribution is 8.18. The molecular weight excluding hydrogens is 414 g/mol. The third-order valence-electron chi connectivity index (χ3n) is 3.82. The molecule has 0 aliphatic carbocycles. The number of halogens is 1. The highest BCUT2D eigenvalue weighted by Crippen LogP contribution is 2.35. The van der Waals surface area contributed by atoms with Crippen molar-refractivity contribution in [3.05, 3.63) is 76.3 Å². The lowest BCUT2D eigenvalue weighted by molar-refractivity contribution is -0.121. The Balaban J connectivity index is 1.63. The van der Waals surface area contributed by atoms with Crippen LogP contribution >= 0.6 is 34.7 Å². The van der Waals surface area contributed by atoms with Gasteiger partial charge in [-0.05, 0) is 36.0 Å². The summed E-state index contributed by atoms with van der Waals surface area (Å²) < 4.78 is 5.88. The molecule has 0 spiro atoms. The number of benzene rings is 1.